The second-order valence-corrected chi connectivity index (χ2v) is 8.45. The molecule has 0 saturated heterocycles. The number of nitrogens with one attached hydrogen (secondary N) is 2. The molecule has 6 nitrogen and oxygen atoms in total. The van der Waals surface area contributed by atoms with E-state index in [1.54, 1.807) is 6.07 Å². The van der Waals surface area contributed by atoms with Gasteiger partial charge in [0.25, 0.3) is 0 Å². The number of allylic oxidation sites excluding steroid dienone is 1. The average molecular weight is 364 g/mol. The topological polar surface area (TPSA) is 95.5 Å². The predicted molar refractivity (Wildman–Crippen MR) is 96.4 cm³/mol. The standard InChI is InChI=1S/C18H24N2O4S/c21-18(22)16-12-15(8-9-17(16)20-14-6-7-14)25(23,24)19-11-10-13-4-2-1-3-5-13/h4,8-9,12,14,19-20H,1-3,5-7,10-11H2,(H,21,22). The maximum atomic E-state index is 12.5. The van der Waals surface area contributed by atoms with Crippen LogP contribution in [-0.4, -0.2) is 32.1 Å². The van der Waals surface area contributed by atoms with Crippen LogP contribution in [0.15, 0.2) is 34.7 Å². The Labute approximate surface area is 148 Å². The maximum absolute atomic E-state index is 12.5. The summed E-state index contributed by atoms with van der Waals surface area (Å²) in [4.78, 5) is 11.5. The number of carboxylic acid groups (broad SMARTS) is 1. The second-order valence-electron chi connectivity index (χ2n) is 6.69. The summed E-state index contributed by atoms with van der Waals surface area (Å²) in [7, 11) is -3.72. The fourth-order valence-corrected chi connectivity index (χ4v) is 4.06. The molecule has 0 aromatic heterocycles. The van der Waals surface area contributed by atoms with Crippen LogP contribution in [0.25, 0.3) is 0 Å². The van der Waals surface area contributed by atoms with Crippen LogP contribution in [0.4, 0.5) is 5.69 Å². The van der Waals surface area contributed by atoms with Gasteiger partial charge in [-0.05, 0) is 63.1 Å². The first kappa shape index (κ1) is 17.9. The van der Waals surface area contributed by atoms with E-state index in [4.69, 9.17) is 0 Å². The molecule has 0 radical (unpaired) electrons. The van der Waals surface area contributed by atoms with Gasteiger partial charge in [-0.15, -0.1) is 0 Å². The SMILES string of the molecule is O=C(O)c1cc(S(=O)(=O)NCCC2=CCCCC2)ccc1NC1CC1. The van der Waals surface area contributed by atoms with Gasteiger partial charge in [0.15, 0.2) is 0 Å². The molecule has 1 saturated carbocycles. The lowest BCUT2D eigenvalue weighted by Crippen LogP contribution is -2.25. The molecule has 3 rings (SSSR count). The lowest BCUT2D eigenvalue weighted by molar-refractivity contribution is 0.0697. The first-order valence-electron chi connectivity index (χ1n) is 8.77. The van der Waals surface area contributed by atoms with Crippen LogP contribution in [0, 0.1) is 0 Å². The molecule has 0 atom stereocenters. The zero-order valence-corrected chi connectivity index (χ0v) is 14.9. The van der Waals surface area contributed by atoms with Crippen molar-refractivity contribution in [3.63, 3.8) is 0 Å². The Morgan fingerprint density at radius 2 is 2.04 bits per heavy atom. The van der Waals surface area contributed by atoms with E-state index in [9.17, 15) is 18.3 Å². The average Bonchev–Trinajstić information content (AvgIpc) is 3.39. The summed E-state index contributed by atoms with van der Waals surface area (Å²) < 4.78 is 27.5. The lowest BCUT2D eigenvalue weighted by atomic mass is 9.97. The number of carbonyl (C=O) groups is 1. The van der Waals surface area contributed by atoms with Gasteiger partial charge >= 0.3 is 5.97 Å². The van der Waals surface area contributed by atoms with Gasteiger partial charge in [0.2, 0.25) is 10.0 Å². The highest BCUT2D eigenvalue weighted by molar-refractivity contribution is 7.89. The van der Waals surface area contributed by atoms with Crippen molar-refractivity contribution in [3.8, 4) is 0 Å². The second kappa shape index (κ2) is 7.58. The molecule has 0 heterocycles. The molecule has 1 fully saturated rings. The molecule has 136 valence electrons. The third-order valence-corrected chi connectivity index (χ3v) is 6.05. The number of hydrogen-bond acceptors (Lipinski definition) is 4. The molecule has 0 unspecified atom stereocenters. The summed E-state index contributed by atoms with van der Waals surface area (Å²) in [5, 5.41) is 12.5. The van der Waals surface area contributed by atoms with E-state index >= 15 is 0 Å². The van der Waals surface area contributed by atoms with Gasteiger partial charge in [0.05, 0.1) is 10.5 Å². The Bertz CT molecular complexity index is 782. The van der Waals surface area contributed by atoms with Crippen molar-refractivity contribution < 1.29 is 18.3 Å². The fourth-order valence-electron chi connectivity index (χ4n) is 3.00. The number of benzene rings is 1. The molecule has 1 aromatic rings. The van der Waals surface area contributed by atoms with E-state index in [1.807, 2.05) is 0 Å². The number of carboxylic acids is 1. The van der Waals surface area contributed by atoms with Crippen LogP contribution >= 0.6 is 0 Å². The van der Waals surface area contributed by atoms with Crippen LogP contribution in [0.2, 0.25) is 0 Å². The van der Waals surface area contributed by atoms with E-state index in [1.165, 1.54) is 24.1 Å². The summed E-state index contributed by atoms with van der Waals surface area (Å²) in [5.74, 6) is -1.13. The van der Waals surface area contributed by atoms with E-state index in [2.05, 4.69) is 16.1 Å². The molecule has 0 bridgehead atoms. The zero-order chi connectivity index (χ0) is 17.9. The minimum absolute atomic E-state index is 0.00948. The van der Waals surface area contributed by atoms with E-state index in [0.717, 1.165) is 32.1 Å². The molecule has 0 amide bonds. The normalized spacial score (nSPS) is 17.8. The fraction of sp³-hybridized carbons (Fsp3) is 0.500. The van der Waals surface area contributed by atoms with Crippen molar-refractivity contribution >= 4 is 21.7 Å². The number of aromatic carboxylic acids is 1. The van der Waals surface area contributed by atoms with Gasteiger partial charge in [-0.25, -0.2) is 17.9 Å². The summed E-state index contributed by atoms with van der Waals surface area (Å²) in [5.41, 5.74) is 1.76. The van der Waals surface area contributed by atoms with Crippen LogP contribution in [0.3, 0.4) is 0 Å². The lowest BCUT2D eigenvalue weighted by Gasteiger charge is -2.14. The van der Waals surface area contributed by atoms with Gasteiger partial charge in [-0.3, -0.25) is 0 Å². The molecular weight excluding hydrogens is 340 g/mol. The predicted octanol–water partition coefficient (Wildman–Crippen LogP) is 3.13. The number of rotatable bonds is 8. The molecule has 0 aliphatic heterocycles. The van der Waals surface area contributed by atoms with Crippen molar-refractivity contribution in [1.29, 1.82) is 0 Å². The van der Waals surface area contributed by atoms with Gasteiger partial charge in [0, 0.05) is 18.3 Å². The van der Waals surface area contributed by atoms with Crippen molar-refractivity contribution in [3.05, 3.63) is 35.4 Å². The third kappa shape index (κ3) is 4.83. The van der Waals surface area contributed by atoms with Crippen LogP contribution in [0.1, 0.15) is 55.3 Å². The zero-order valence-electron chi connectivity index (χ0n) is 14.1. The minimum atomic E-state index is -3.72. The third-order valence-electron chi connectivity index (χ3n) is 4.59. The van der Waals surface area contributed by atoms with Gasteiger partial charge in [-0.1, -0.05) is 11.6 Å². The van der Waals surface area contributed by atoms with Crippen LogP contribution < -0.4 is 10.0 Å². The molecule has 25 heavy (non-hydrogen) atoms. The molecule has 2 aliphatic rings. The van der Waals surface area contributed by atoms with Crippen molar-refractivity contribution in [2.45, 2.75) is 55.9 Å². The molecule has 3 N–H and O–H groups in total. The number of hydrogen-bond donors (Lipinski definition) is 3. The first-order valence-corrected chi connectivity index (χ1v) is 10.3. The minimum Gasteiger partial charge on any atom is -0.478 e. The Balaban J connectivity index is 1.68. The quantitative estimate of drug-likeness (QED) is 0.616. The molecule has 2 aliphatic carbocycles. The number of sulfonamides is 1. The van der Waals surface area contributed by atoms with Crippen LogP contribution in [-0.2, 0) is 10.0 Å². The molecule has 7 heteroatoms. The van der Waals surface area contributed by atoms with Gasteiger partial charge in [-0.2, -0.15) is 0 Å². The Morgan fingerprint density at radius 1 is 1.24 bits per heavy atom. The maximum Gasteiger partial charge on any atom is 0.337 e. The highest BCUT2D eigenvalue weighted by Gasteiger charge is 2.24. The van der Waals surface area contributed by atoms with Gasteiger partial charge in [0.1, 0.15) is 0 Å². The highest BCUT2D eigenvalue weighted by atomic mass is 32.2. The van der Waals surface area contributed by atoms with E-state index in [-0.39, 0.29) is 10.5 Å². The highest BCUT2D eigenvalue weighted by Crippen LogP contribution is 2.28. The molecular formula is C18H24N2O4S. The summed E-state index contributed by atoms with van der Waals surface area (Å²) >= 11 is 0. The smallest absolute Gasteiger partial charge is 0.337 e. The Hall–Kier alpha value is -1.86. The van der Waals surface area contributed by atoms with Gasteiger partial charge < -0.3 is 10.4 Å². The Kier molecular flexibility index (Phi) is 5.44. The summed E-state index contributed by atoms with van der Waals surface area (Å²) in [6.07, 6.45) is 9.38. The molecule has 0 spiro atoms. The first-order chi connectivity index (χ1) is 12.0. The van der Waals surface area contributed by atoms with E-state index in [0.29, 0.717) is 24.7 Å². The monoisotopic (exact) mass is 364 g/mol. The Morgan fingerprint density at radius 3 is 2.68 bits per heavy atom. The number of anilines is 1. The largest absolute Gasteiger partial charge is 0.478 e. The van der Waals surface area contributed by atoms with Crippen molar-refractivity contribution in [2.24, 2.45) is 0 Å². The summed E-state index contributed by atoms with van der Waals surface area (Å²) in [6.45, 7) is 0.332. The van der Waals surface area contributed by atoms with Crippen molar-refractivity contribution in [2.75, 3.05) is 11.9 Å². The van der Waals surface area contributed by atoms with Crippen LogP contribution in [0.5, 0.6) is 0 Å². The van der Waals surface area contributed by atoms with Crippen molar-refractivity contribution in [1.82, 2.24) is 4.72 Å². The summed E-state index contributed by atoms with van der Waals surface area (Å²) in [6, 6.07) is 4.52. The molecule has 1 aromatic carbocycles. The van der Waals surface area contributed by atoms with E-state index < -0.39 is 16.0 Å².